The average molecular weight is 233 g/mol. The zero-order valence-electron chi connectivity index (χ0n) is 11.3. The van der Waals surface area contributed by atoms with E-state index in [1.807, 2.05) is 0 Å². The first-order chi connectivity index (χ1) is 8.13. The monoisotopic (exact) mass is 233 g/mol. The second kappa shape index (κ2) is 5.19. The molecule has 0 aliphatic carbocycles. The minimum atomic E-state index is 0.428. The van der Waals surface area contributed by atoms with Gasteiger partial charge in [-0.1, -0.05) is 12.1 Å². The van der Waals surface area contributed by atoms with Crippen molar-refractivity contribution in [3.05, 3.63) is 34.4 Å². The number of aryl methyl sites for hydroxylation is 3. The molecule has 0 aromatic heterocycles. The predicted molar refractivity (Wildman–Crippen MR) is 71.4 cm³/mol. The molecule has 2 heteroatoms. The van der Waals surface area contributed by atoms with Crippen LogP contribution in [-0.4, -0.2) is 20.3 Å². The summed E-state index contributed by atoms with van der Waals surface area (Å²) in [5.74, 6) is 0.612. The minimum Gasteiger partial charge on any atom is -0.381 e. The maximum Gasteiger partial charge on any atom is 0.0513 e. The minimum absolute atomic E-state index is 0.428. The summed E-state index contributed by atoms with van der Waals surface area (Å²) in [4.78, 5) is 0. The first-order valence-corrected chi connectivity index (χ1v) is 6.46. The van der Waals surface area contributed by atoms with Gasteiger partial charge in [-0.25, -0.2) is 0 Å². The zero-order chi connectivity index (χ0) is 12.4. The van der Waals surface area contributed by atoms with Crippen LogP contribution in [0.3, 0.4) is 0 Å². The number of hydrogen-bond donors (Lipinski definition) is 1. The van der Waals surface area contributed by atoms with E-state index in [0.717, 1.165) is 19.6 Å². The molecule has 94 valence electrons. The van der Waals surface area contributed by atoms with E-state index in [2.05, 4.69) is 45.3 Å². The van der Waals surface area contributed by atoms with Crippen LogP contribution >= 0.6 is 0 Å². The third-order valence-electron chi connectivity index (χ3n) is 3.96. The Balaban J connectivity index is 2.32. The normalized spacial score (nSPS) is 21.8. The molecular formula is C15H23NO. The first-order valence-electron chi connectivity index (χ1n) is 6.46. The van der Waals surface area contributed by atoms with Crippen molar-refractivity contribution in [3.8, 4) is 0 Å². The Labute approximate surface area is 104 Å². The highest BCUT2D eigenvalue weighted by Crippen LogP contribution is 2.31. The third kappa shape index (κ3) is 2.53. The summed E-state index contributed by atoms with van der Waals surface area (Å²) < 4.78 is 5.52. The molecule has 2 nitrogen and oxygen atoms in total. The average Bonchev–Trinajstić information content (AvgIpc) is 2.80. The van der Waals surface area contributed by atoms with Crippen LogP contribution in [0.1, 0.15) is 34.7 Å². The largest absolute Gasteiger partial charge is 0.381 e. The lowest BCUT2D eigenvalue weighted by Crippen LogP contribution is -2.26. The van der Waals surface area contributed by atoms with Gasteiger partial charge in [0.15, 0.2) is 0 Å². The van der Waals surface area contributed by atoms with E-state index in [-0.39, 0.29) is 0 Å². The van der Waals surface area contributed by atoms with Gasteiger partial charge in [0.2, 0.25) is 0 Å². The highest BCUT2D eigenvalue weighted by atomic mass is 16.5. The van der Waals surface area contributed by atoms with Crippen LogP contribution in [0.15, 0.2) is 12.1 Å². The van der Waals surface area contributed by atoms with Gasteiger partial charge >= 0.3 is 0 Å². The highest BCUT2D eigenvalue weighted by molar-refractivity contribution is 5.38. The summed E-state index contributed by atoms with van der Waals surface area (Å²) in [5, 5.41) is 3.47. The van der Waals surface area contributed by atoms with Gasteiger partial charge in [-0.05, 0) is 56.5 Å². The van der Waals surface area contributed by atoms with Crippen LogP contribution in [0, 0.1) is 26.7 Å². The van der Waals surface area contributed by atoms with E-state index in [1.54, 1.807) is 0 Å². The summed E-state index contributed by atoms with van der Waals surface area (Å²) in [6.07, 6.45) is 1.16. The fourth-order valence-electron chi connectivity index (χ4n) is 2.78. The van der Waals surface area contributed by atoms with Gasteiger partial charge in [-0.2, -0.15) is 0 Å². The smallest absolute Gasteiger partial charge is 0.0513 e. The van der Waals surface area contributed by atoms with Crippen molar-refractivity contribution in [1.29, 1.82) is 0 Å². The van der Waals surface area contributed by atoms with Gasteiger partial charge in [0, 0.05) is 18.6 Å². The molecule has 1 heterocycles. The van der Waals surface area contributed by atoms with Gasteiger partial charge in [0.05, 0.1) is 6.61 Å². The van der Waals surface area contributed by atoms with E-state index in [0.29, 0.717) is 12.0 Å². The highest BCUT2D eigenvalue weighted by Gasteiger charge is 2.26. The van der Waals surface area contributed by atoms with Crippen LogP contribution < -0.4 is 5.32 Å². The Kier molecular flexibility index (Phi) is 3.85. The third-order valence-corrected chi connectivity index (χ3v) is 3.96. The second-order valence-corrected chi connectivity index (χ2v) is 5.18. The molecule has 1 fully saturated rings. The van der Waals surface area contributed by atoms with Crippen LogP contribution in [-0.2, 0) is 4.74 Å². The van der Waals surface area contributed by atoms with Crippen molar-refractivity contribution >= 4 is 0 Å². The summed E-state index contributed by atoms with van der Waals surface area (Å²) in [6.45, 7) is 8.38. The molecule has 1 aromatic rings. The molecule has 1 aromatic carbocycles. The van der Waals surface area contributed by atoms with Crippen molar-refractivity contribution in [2.75, 3.05) is 20.3 Å². The van der Waals surface area contributed by atoms with Crippen LogP contribution in [0.2, 0.25) is 0 Å². The number of nitrogens with one attached hydrogen (secondary N) is 1. The van der Waals surface area contributed by atoms with Crippen molar-refractivity contribution in [2.45, 2.75) is 33.2 Å². The van der Waals surface area contributed by atoms with Crippen LogP contribution in [0.5, 0.6) is 0 Å². The van der Waals surface area contributed by atoms with Gasteiger partial charge in [0.1, 0.15) is 0 Å². The Morgan fingerprint density at radius 3 is 2.47 bits per heavy atom. The quantitative estimate of drug-likeness (QED) is 0.866. The molecule has 2 rings (SSSR count). The van der Waals surface area contributed by atoms with Crippen molar-refractivity contribution < 1.29 is 4.74 Å². The topological polar surface area (TPSA) is 21.3 Å². The van der Waals surface area contributed by atoms with Gasteiger partial charge in [0.25, 0.3) is 0 Å². The molecule has 17 heavy (non-hydrogen) atoms. The molecule has 0 bridgehead atoms. The summed E-state index contributed by atoms with van der Waals surface area (Å²) in [5.41, 5.74) is 5.58. The van der Waals surface area contributed by atoms with Crippen LogP contribution in [0.25, 0.3) is 0 Å². The standard InChI is InChI=1S/C15H23NO/c1-10-7-12(3)14(8-11(10)2)15(16-4)13-5-6-17-9-13/h7-8,13,15-16H,5-6,9H2,1-4H3. The molecule has 0 saturated carbocycles. The van der Waals surface area contributed by atoms with E-state index in [9.17, 15) is 0 Å². The Morgan fingerprint density at radius 1 is 1.18 bits per heavy atom. The number of benzene rings is 1. The lowest BCUT2D eigenvalue weighted by Gasteiger charge is -2.25. The molecule has 2 unspecified atom stereocenters. The molecule has 0 spiro atoms. The maximum atomic E-state index is 5.52. The SMILES string of the molecule is CNC(c1cc(C)c(C)cc1C)C1CCOC1. The van der Waals surface area contributed by atoms with Gasteiger partial charge in [-0.3, -0.25) is 0 Å². The number of ether oxygens (including phenoxy) is 1. The van der Waals surface area contributed by atoms with E-state index in [1.165, 1.54) is 22.3 Å². The Bertz CT molecular complexity index is 394. The van der Waals surface area contributed by atoms with E-state index >= 15 is 0 Å². The Morgan fingerprint density at radius 2 is 1.88 bits per heavy atom. The first kappa shape index (κ1) is 12.6. The van der Waals surface area contributed by atoms with Gasteiger partial charge in [-0.15, -0.1) is 0 Å². The fraction of sp³-hybridized carbons (Fsp3) is 0.600. The molecule has 0 radical (unpaired) electrons. The molecule has 0 amide bonds. The summed E-state index contributed by atoms with van der Waals surface area (Å²) in [7, 11) is 2.05. The number of hydrogen-bond acceptors (Lipinski definition) is 2. The molecular weight excluding hydrogens is 210 g/mol. The number of rotatable bonds is 3. The lowest BCUT2D eigenvalue weighted by molar-refractivity contribution is 0.177. The molecule has 1 aliphatic rings. The molecule has 1 saturated heterocycles. The second-order valence-electron chi connectivity index (χ2n) is 5.18. The van der Waals surface area contributed by atoms with E-state index in [4.69, 9.17) is 4.74 Å². The van der Waals surface area contributed by atoms with Crippen LogP contribution in [0.4, 0.5) is 0 Å². The van der Waals surface area contributed by atoms with Crippen molar-refractivity contribution in [2.24, 2.45) is 5.92 Å². The summed E-state index contributed by atoms with van der Waals surface area (Å²) >= 11 is 0. The molecule has 1 aliphatic heterocycles. The predicted octanol–water partition coefficient (Wildman–Crippen LogP) is 2.91. The van der Waals surface area contributed by atoms with Crippen molar-refractivity contribution in [3.63, 3.8) is 0 Å². The Hall–Kier alpha value is -0.860. The van der Waals surface area contributed by atoms with Gasteiger partial charge < -0.3 is 10.1 Å². The fourth-order valence-corrected chi connectivity index (χ4v) is 2.78. The van der Waals surface area contributed by atoms with Crippen molar-refractivity contribution in [1.82, 2.24) is 5.32 Å². The maximum absolute atomic E-state index is 5.52. The zero-order valence-corrected chi connectivity index (χ0v) is 11.3. The molecule has 2 atom stereocenters. The lowest BCUT2D eigenvalue weighted by atomic mass is 9.88. The summed E-state index contributed by atoms with van der Waals surface area (Å²) in [6, 6.07) is 5.06. The molecule has 1 N–H and O–H groups in total. The van der Waals surface area contributed by atoms with E-state index < -0.39 is 0 Å².